The number of amides is 4. The third-order valence-corrected chi connectivity index (χ3v) is 4.62. The van der Waals surface area contributed by atoms with Gasteiger partial charge in [0.25, 0.3) is 5.91 Å². The number of imide groups is 1. The Labute approximate surface area is 172 Å². The van der Waals surface area contributed by atoms with Crippen molar-refractivity contribution in [2.75, 3.05) is 25.8 Å². The minimum atomic E-state index is -0.676. The molecule has 0 aliphatic carbocycles. The molecule has 2 N–H and O–H groups in total. The molecule has 1 fully saturated rings. The molecular formula is C21H19N3O6. The van der Waals surface area contributed by atoms with Crippen molar-refractivity contribution in [1.29, 1.82) is 0 Å². The van der Waals surface area contributed by atoms with Crippen molar-refractivity contribution in [2.45, 2.75) is 6.92 Å². The zero-order valence-corrected chi connectivity index (χ0v) is 16.4. The summed E-state index contributed by atoms with van der Waals surface area (Å²) in [7, 11) is 1.48. The van der Waals surface area contributed by atoms with Crippen LogP contribution in [0.3, 0.4) is 0 Å². The van der Waals surface area contributed by atoms with E-state index in [-0.39, 0.29) is 12.5 Å². The number of urea groups is 1. The van der Waals surface area contributed by atoms with Gasteiger partial charge in [-0.1, -0.05) is 17.7 Å². The SMILES string of the molecule is COc1cc2c(cc1/C=C1/NC(=O)N(CC(=O)Nc3ccc(C)cc3)C1=O)OCO2. The van der Waals surface area contributed by atoms with E-state index in [2.05, 4.69) is 10.6 Å². The Kier molecular flexibility index (Phi) is 5.01. The van der Waals surface area contributed by atoms with Gasteiger partial charge in [0.05, 0.1) is 7.11 Å². The minimum absolute atomic E-state index is 0.0281. The van der Waals surface area contributed by atoms with Gasteiger partial charge in [-0.2, -0.15) is 0 Å². The molecule has 0 atom stereocenters. The van der Waals surface area contributed by atoms with Crippen LogP contribution in [0.25, 0.3) is 6.08 Å². The maximum Gasteiger partial charge on any atom is 0.329 e. The van der Waals surface area contributed by atoms with Crippen LogP contribution in [0, 0.1) is 6.92 Å². The van der Waals surface area contributed by atoms with Gasteiger partial charge >= 0.3 is 6.03 Å². The number of anilines is 1. The number of hydrogen-bond donors (Lipinski definition) is 2. The summed E-state index contributed by atoms with van der Waals surface area (Å²) in [5.41, 5.74) is 2.19. The normalized spacial score (nSPS) is 16.1. The van der Waals surface area contributed by atoms with E-state index in [0.717, 1.165) is 10.5 Å². The van der Waals surface area contributed by atoms with Crippen LogP contribution in [0.2, 0.25) is 0 Å². The van der Waals surface area contributed by atoms with Gasteiger partial charge in [0.15, 0.2) is 11.5 Å². The number of fused-ring (bicyclic) bond motifs is 1. The highest BCUT2D eigenvalue weighted by atomic mass is 16.7. The lowest BCUT2D eigenvalue weighted by Gasteiger charge is -2.12. The highest BCUT2D eigenvalue weighted by molar-refractivity contribution is 6.16. The number of ether oxygens (including phenoxy) is 3. The lowest BCUT2D eigenvalue weighted by molar-refractivity contribution is -0.127. The minimum Gasteiger partial charge on any atom is -0.496 e. The van der Waals surface area contributed by atoms with E-state index in [1.807, 2.05) is 19.1 Å². The highest BCUT2D eigenvalue weighted by Crippen LogP contribution is 2.39. The lowest BCUT2D eigenvalue weighted by atomic mass is 10.1. The molecule has 2 aromatic carbocycles. The Morgan fingerprint density at radius 3 is 2.60 bits per heavy atom. The van der Waals surface area contributed by atoms with Gasteiger partial charge in [0.1, 0.15) is 18.0 Å². The zero-order chi connectivity index (χ0) is 21.3. The molecule has 9 heteroatoms. The molecule has 0 spiro atoms. The molecule has 2 aromatic rings. The van der Waals surface area contributed by atoms with Crippen molar-refractivity contribution >= 4 is 29.6 Å². The van der Waals surface area contributed by atoms with Crippen molar-refractivity contribution in [1.82, 2.24) is 10.2 Å². The first-order chi connectivity index (χ1) is 14.4. The maximum absolute atomic E-state index is 12.7. The summed E-state index contributed by atoms with van der Waals surface area (Å²) >= 11 is 0. The van der Waals surface area contributed by atoms with Crippen LogP contribution < -0.4 is 24.8 Å². The second-order valence-electron chi connectivity index (χ2n) is 6.74. The molecule has 1 saturated heterocycles. The average Bonchev–Trinajstić information content (AvgIpc) is 3.28. The van der Waals surface area contributed by atoms with Crippen molar-refractivity contribution < 1.29 is 28.6 Å². The largest absolute Gasteiger partial charge is 0.496 e. The average molecular weight is 409 g/mol. The Balaban J connectivity index is 1.50. The van der Waals surface area contributed by atoms with E-state index in [4.69, 9.17) is 14.2 Å². The summed E-state index contributed by atoms with van der Waals surface area (Å²) < 4.78 is 16.0. The molecule has 4 amide bonds. The van der Waals surface area contributed by atoms with Gasteiger partial charge in [-0.15, -0.1) is 0 Å². The van der Waals surface area contributed by atoms with Crippen LogP contribution >= 0.6 is 0 Å². The molecule has 2 aliphatic rings. The number of nitrogens with zero attached hydrogens (tertiary/aromatic N) is 1. The summed E-state index contributed by atoms with van der Waals surface area (Å²) in [6, 6.07) is 9.81. The van der Waals surface area contributed by atoms with Crippen LogP contribution in [-0.2, 0) is 9.59 Å². The summed E-state index contributed by atoms with van der Waals surface area (Å²) in [6.45, 7) is 1.62. The summed E-state index contributed by atoms with van der Waals surface area (Å²) in [5.74, 6) is 0.395. The van der Waals surface area contributed by atoms with E-state index in [1.165, 1.54) is 13.2 Å². The second-order valence-corrected chi connectivity index (χ2v) is 6.74. The Morgan fingerprint density at radius 1 is 1.20 bits per heavy atom. The van der Waals surface area contributed by atoms with Crippen LogP contribution in [-0.4, -0.2) is 43.2 Å². The summed E-state index contributed by atoms with van der Waals surface area (Å²) in [5, 5.41) is 5.15. The Bertz CT molecular complexity index is 1060. The highest BCUT2D eigenvalue weighted by Gasteiger charge is 2.35. The number of methoxy groups -OCH3 is 1. The van der Waals surface area contributed by atoms with Gasteiger partial charge in [-0.25, -0.2) is 9.69 Å². The van der Waals surface area contributed by atoms with E-state index in [0.29, 0.717) is 28.5 Å². The van der Waals surface area contributed by atoms with Gasteiger partial charge in [0.2, 0.25) is 12.7 Å². The predicted octanol–water partition coefficient (Wildman–Crippen LogP) is 2.26. The van der Waals surface area contributed by atoms with E-state index >= 15 is 0 Å². The van der Waals surface area contributed by atoms with Crippen molar-refractivity contribution in [2.24, 2.45) is 0 Å². The summed E-state index contributed by atoms with van der Waals surface area (Å²) in [4.78, 5) is 38.1. The third-order valence-electron chi connectivity index (χ3n) is 4.62. The van der Waals surface area contributed by atoms with Crippen LogP contribution in [0.1, 0.15) is 11.1 Å². The van der Waals surface area contributed by atoms with Crippen molar-refractivity contribution in [3.05, 3.63) is 53.2 Å². The number of nitrogens with one attached hydrogen (secondary N) is 2. The van der Waals surface area contributed by atoms with Crippen molar-refractivity contribution in [3.63, 3.8) is 0 Å². The first-order valence-corrected chi connectivity index (χ1v) is 9.13. The molecule has 4 rings (SSSR count). The first-order valence-electron chi connectivity index (χ1n) is 9.13. The summed E-state index contributed by atoms with van der Waals surface area (Å²) in [6.07, 6.45) is 1.47. The monoisotopic (exact) mass is 409 g/mol. The fraction of sp³-hybridized carbons (Fsp3) is 0.190. The van der Waals surface area contributed by atoms with E-state index < -0.39 is 24.4 Å². The quantitative estimate of drug-likeness (QED) is 0.580. The fourth-order valence-electron chi connectivity index (χ4n) is 3.08. The van der Waals surface area contributed by atoms with Crippen LogP contribution in [0.5, 0.6) is 17.2 Å². The van der Waals surface area contributed by atoms with Crippen LogP contribution in [0.4, 0.5) is 10.5 Å². The Morgan fingerprint density at radius 2 is 1.90 bits per heavy atom. The molecular weight excluding hydrogens is 390 g/mol. The molecule has 0 saturated carbocycles. The van der Waals surface area contributed by atoms with Gasteiger partial charge in [-0.3, -0.25) is 9.59 Å². The molecule has 30 heavy (non-hydrogen) atoms. The predicted molar refractivity (Wildman–Crippen MR) is 107 cm³/mol. The number of carbonyl (C=O) groups is 3. The first kappa shape index (κ1) is 19.3. The number of hydrogen-bond acceptors (Lipinski definition) is 6. The molecule has 0 radical (unpaired) electrons. The number of rotatable bonds is 5. The molecule has 0 aromatic heterocycles. The van der Waals surface area contributed by atoms with Gasteiger partial charge in [-0.05, 0) is 31.2 Å². The molecule has 2 aliphatic heterocycles. The number of benzene rings is 2. The zero-order valence-electron chi connectivity index (χ0n) is 16.4. The van der Waals surface area contributed by atoms with E-state index in [1.54, 1.807) is 24.3 Å². The number of carbonyl (C=O) groups excluding carboxylic acids is 3. The number of aryl methyl sites for hydroxylation is 1. The lowest BCUT2D eigenvalue weighted by Crippen LogP contribution is -2.38. The van der Waals surface area contributed by atoms with Gasteiger partial charge < -0.3 is 24.8 Å². The molecule has 9 nitrogen and oxygen atoms in total. The topological polar surface area (TPSA) is 106 Å². The molecule has 0 unspecified atom stereocenters. The second kappa shape index (κ2) is 7.78. The molecule has 0 bridgehead atoms. The fourth-order valence-corrected chi connectivity index (χ4v) is 3.08. The van der Waals surface area contributed by atoms with E-state index in [9.17, 15) is 14.4 Å². The smallest absolute Gasteiger partial charge is 0.329 e. The molecule has 154 valence electrons. The van der Waals surface area contributed by atoms with Gasteiger partial charge in [0, 0.05) is 17.3 Å². The van der Waals surface area contributed by atoms with Crippen molar-refractivity contribution in [3.8, 4) is 17.2 Å². The van der Waals surface area contributed by atoms with Crippen LogP contribution in [0.15, 0.2) is 42.1 Å². The maximum atomic E-state index is 12.7. The Hall–Kier alpha value is -4.01. The molecule has 2 heterocycles. The third kappa shape index (κ3) is 3.77. The standard InChI is InChI=1S/C21H19N3O6/c1-12-3-5-14(6-4-12)22-19(25)10-24-20(26)15(23-21(24)27)7-13-8-17-18(30-11-29-17)9-16(13)28-2/h3-9H,10-11H2,1-2H3,(H,22,25)(H,23,27)/b15-7+.